The molecule has 4 aliphatic heterocycles. The number of benzene rings is 1. The molecule has 19 nitrogen and oxygen atoms in total. The van der Waals surface area contributed by atoms with E-state index >= 15 is 0 Å². The zero-order chi connectivity index (χ0) is 52.0. The first kappa shape index (κ1) is 51.9. The number of esters is 1. The van der Waals surface area contributed by atoms with Crippen LogP contribution in [0.25, 0.3) is 33.5 Å². The third-order valence-electron chi connectivity index (χ3n) is 14.1. The molecule has 0 spiro atoms. The van der Waals surface area contributed by atoms with E-state index in [1.54, 1.807) is 74.1 Å². The normalized spacial score (nSPS) is 22.5. The number of nitrogens with one attached hydrogen (secondary N) is 2. The van der Waals surface area contributed by atoms with Gasteiger partial charge in [-0.15, -0.1) is 0 Å². The lowest BCUT2D eigenvalue weighted by Crippen LogP contribution is -2.62. The molecule has 1 unspecified atom stereocenters. The number of hydrogen-bond acceptors (Lipinski definition) is 12. The number of rotatable bonds is 9. The van der Waals surface area contributed by atoms with Crippen molar-refractivity contribution < 1.29 is 51.4 Å². The maximum absolute atomic E-state index is 14.7. The van der Waals surface area contributed by atoms with Crippen LogP contribution in [0.4, 0.5) is 18.0 Å². The van der Waals surface area contributed by atoms with Gasteiger partial charge in [0.05, 0.1) is 49.4 Å². The number of aryl methyl sites for hydroxylation is 1. The standard InChI is InChI=1S/C50H64F3N11O8/c1-10-40(65)62-19-20-71-38-25-61(24-37(38)62)48(69)59(7)42(28(2)3)45(66)55-35-22-39-56-44(60(8)58-39)30-15-16-36-32(21-30)33(23-49(5,6)27-72-47(68)34-14-12-18-64(57-34)46(35)67)43(63(36)26-50(51,52)53)31-13-11-17-54-41(31)29(4)70-9/h10-11,13,15-17,21,28-29,34-35,37-38,42,57H,1,12,14,18-20,22-27H2,2-9H3,(H,55,66)/t29-,34-,35-,37+,38-,42?/m0/s1. The van der Waals surface area contributed by atoms with Gasteiger partial charge in [0.25, 0.3) is 5.91 Å². The van der Waals surface area contributed by atoms with Crippen molar-refractivity contribution in [2.45, 2.75) is 109 Å². The number of amides is 5. The number of hydrazine groups is 1. The second kappa shape index (κ2) is 20.6. The number of urea groups is 1. The van der Waals surface area contributed by atoms with Crippen molar-refractivity contribution in [3.8, 4) is 22.6 Å². The molecule has 3 saturated heterocycles. The van der Waals surface area contributed by atoms with Crippen molar-refractivity contribution >= 4 is 40.6 Å². The van der Waals surface area contributed by atoms with Gasteiger partial charge in [0.1, 0.15) is 24.7 Å². The van der Waals surface area contributed by atoms with Gasteiger partial charge in [-0.2, -0.15) is 18.3 Å². The van der Waals surface area contributed by atoms with Gasteiger partial charge in [0, 0.05) is 80.9 Å². The van der Waals surface area contributed by atoms with Gasteiger partial charge < -0.3 is 38.8 Å². The molecule has 388 valence electrons. The van der Waals surface area contributed by atoms with E-state index in [-0.39, 0.29) is 56.9 Å². The van der Waals surface area contributed by atoms with E-state index in [1.165, 1.54) is 39.4 Å². The van der Waals surface area contributed by atoms with Crippen molar-refractivity contribution in [1.29, 1.82) is 0 Å². The Morgan fingerprint density at radius 1 is 1.12 bits per heavy atom. The Bertz CT molecular complexity index is 2740. The quantitative estimate of drug-likeness (QED) is 0.175. The van der Waals surface area contributed by atoms with E-state index < -0.39 is 78.2 Å². The highest BCUT2D eigenvalue weighted by Crippen LogP contribution is 2.43. The Labute approximate surface area is 416 Å². The van der Waals surface area contributed by atoms with E-state index in [1.807, 2.05) is 13.8 Å². The van der Waals surface area contributed by atoms with Crippen molar-refractivity contribution in [3.63, 3.8) is 0 Å². The first-order valence-electron chi connectivity index (χ1n) is 24.3. The molecule has 3 aromatic heterocycles. The Kier molecular flexibility index (Phi) is 14.9. The largest absolute Gasteiger partial charge is 0.464 e. The number of likely N-dealkylation sites (tertiary alicyclic amines) is 1. The number of nitrogens with zero attached hydrogens (tertiary/aromatic N) is 9. The molecule has 0 saturated carbocycles. The number of carbonyl (C=O) groups excluding carboxylic acids is 5. The van der Waals surface area contributed by atoms with Crippen molar-refractivity contribution in [3.05, 3.63) is 66.3 Å². The van der Waals surface area contributed by atoms with Gasteiger partial charge in [-0.05, 0) is 74.1 Å². The van der Waals surface area contributed by atoms with Crippen LogP contribution < -0.4 is 10.7 Å². The summed E-state index contributed by atoms with van der Waals surface area (Å²) in [4.78, 5) is 84.2. The van der Waals surface area contributed by atoms with E-state index in [0.717, 1.165) is 0 Å². The summed E-state index contributed by atoms with van der Waals surface area (Å²) in [5.41, 5.74) is 4.77. The molecule has 72 heavy (non-hydrogen) atoms. The smallest absolute Gasteiger partial charge is 0.406 e. The van der Waals surface area contributed by atoms with E-state index in [9.17, 15) is 37.1 Å². The van der Waals surface area contributed by atoms with Gasteiger partial charge in [0.15, 0.2) is 11.6 Å². The summed E-state index contributed by atoms with van der Waals surface area (Å²) >= 11 is 0. The average molecular weight is 1000 g/mol. The van der Waals surface area contributed by atoms with Crippen LogP contribution in [0.3, 0.4) is 0 Å². The number of alkyl halides is 3. The topological polar surface area (TPSA) is 199 Å². The van der Waals surface area contributed by atoms with Gasteiger partial charge in [0.2, 0.25) is 11.8 Å². The predicted octanol–water partition coefficient (Wildman–Crippen LogP) is 4.59. The van der Waals surface area contributed by atoms with Crippen molar-refractivity contribution in [2.24, 2.45) is 18.4 Å². The van der Waals surface area contributed by atoms with E-state index in [0.29, 0.717) is 70.8 Å². The number of carbonyl (C=O) groups is 5. The van der Waals surface area contributed by atoms with Gasteiger partial charge in [-0.1, -0.05) is 34.3 Å². The molecular weight excluding hydrogens is 940 g/mol. The number of ether oxygens (including phenoxy) is 3. The Morgan fingerprint density at radius 2 is 1.89 bits per heavy atom. The maximum Gasteiger partial charge on any atom is 0.406 e. The van der Waals surface area contributed by atoms with Crippen LogP contribution in [-0.4, -0.2) is 164 Å². The highest BCUT2D eigenvalue weighted by Gasteiger charge is 2.46. The molecule has 5 amide bonds. The molecule has 4 aromatic rings. The first-order chi connectivity index (χ1) is 34.1. The fraction of sp³-hybridized carbons (Fsp3) is 0.560. The molecule has 7 heterocycles. The molecule has 6 atom stereocenters. The van der Waals surface area contributed by atoms with Crippen molar-refractivity contribution in [1.82, 2.24) is 54.8 Å². The number of fused-ring (bicyclic) bond motifs is 7. The monoisotopic (exact) mass is 1000 g/mol. The first-order valence-corrected chi connectivity index (χ1v) is 24.3. The number of pyridine rings is 1. The van der Waals surface area contributed by atoms with Crippen LogP contribution in [0.15, 0.2) is 49.2 Å². The molecule has 4 aliphatic rings. The highest BCUT2D eigenvalue weighted by atomic mass is 19.4. The lowest BCUT2D eigenvalue weighted by Gasteiger charge is -2.37. The molecular formula is C50H64F3N11O8. The Hall–Kier alpha value is -6.39. The van der Waals surface area contributed by atoms with Crippen molar-refractivity contribution in [2.75, 3.05) is 53.6 Å². The summed E-state index contributed by atoms with van der Waals surface area (Å²) in [6.45, 7) is 12.5. The van der Waals surface area contributed by atoms with Crippen LogP contribution in [0.2, 0.25) is 0 Å². The van der Waals surface area contributed by atoms with Gasteiger partial charge in [-0.25, -0.2) is 19.9 Å². The number of likely N-dealkylation sites (N-methyl/N-ethyl adjacent to an activating group) is 1. The molecule has 0 aliphatic carbocycles. The zero-order valence-corrected chi connectivity index (χ0v) is 42.0. The molecule has 8 rings (SSSR count). The minimum absolute atomic E-state index is 0.122. The molecule has 0 radical (unpaired) electrons. The number of aromatic nitrogens is 5. The van der Waals surface area contributed by atoms with E-state index in [2.05, 4.69) is 27.4 Å². The minimum Gasteiger partial charge on any atom is -0.464 e. The van der Waals surface area contributed by atoms with Gasteiger partial charge >= 0.3 is 18.2 Å². The van der Waals surface area contributed by atoms with Gasteiger partial charge in [-0.3, -0.25) is 29.2 Å². The lowest BCUT2D eigenvalue weighted by molar-refractivity contribution is -0.155. The van der Waals surface area contributed by atoms with Crippen LogP contribution in [0.5, 0.6) is 0 Å². The molecule has 2 N–H and O–H groups in total. The summed E-state index contributed by atoms with van der Waals surface area (Å²) in [6, 6.07) is 4.28. The molecule has 6 bridgehead atoms. The minimum atomic E-state index is -4.62. The Balaban J connectivity index is 1.18. The molecule has 22 heteroatoms. The fourth-order valence-corrected chi connectivity index (χ4v) is 10.6. The third kappa shape index (κ3) is 10.6. The Morgan fingerprint density at radius 3 is 2.60 bits per heavy atom. The molecule has 3 fully saturated rings. The summed E-state index contributed by atoms with van der Waals surface area (Å²) in [5.74, 6) is -2.04. The van der Waals surface area contributed by atoms with Crippen LogP contribution in [-0.2, 0) is 59.8 Å². The number of morpholine rings is 1. The van der Waals surface area contributed by atoms with Crippen LogP contribution in [0, 0.1) is 11.3 Å². The summed E-state index contributed by atoms with van der Waals surface area (Å²) < 4.78 is 64.5. The van der Waals surface area contributed by atoms with E-state index in [4.69, 9.17) is 19.2 Å². The fourth-order valence-electron chi connectivity index (χ4n) is 10.6. The maximum atomic E-state index is 14.7. The summed E-state index contributed by atoms with van der Waals surface area (Å²) in [7, 11) is 4.68. The average Bonchev–Trinajstić information content (AvgIpc) is 4.03. The second-order valence-electron chi connectivity index (χ2n) is 20.3. The highest BCUT2D eigenvalue weighted by molar-refractivity contribution is 5.95. The number of halogens is 3. The second-order valence-corrected chi connectivity index (χ2v) is 20.3. The third-order valence-corrected chi connectivity index (χ3v) is 14.1. The van der Waals surface area contributed by atoms with Crippen LogP contribution >= 0.6 is 0 Å². The predicted molar refractivity (Wildman–Crippen MR) is 257 cm³/mol. The summed E-state index contributed by atoms with van der Waals surface area (Å²) in [6.07, 6.45) is -2.12. The summed E-state index contributed by atoms with van der Waals surface area (Å²) in [5, 5.41) is 9.40. The number of methoxy groups -OCH3 is 1. The molecule has 1 aromatic carbocycles. The van der Waals surface area contributed by atoms with Crippen LogP contribution in [0.1, 0.15) is 70.6 Å². The SMILES string of the molecule is C=CC(=O)N1CCO[C@H]2CN(C(=O)N(C)C(C(=O)N[C@H]3Cc4nc(n(C)n4)-c4ccc5c(c4)c(c(-c4cccnc4[C@H](C)OC)n5CC(F)(F)F)CC(C)(C)COC(=O)[C@@H]4CCCN(N4)C3=O)C(C)C)C[C@H]21. The zero-order valence-electron chi connectivity index (χ0n) is 42.0. The number of cyclic esters (lactones) is 1. The number of hydrogen-bond donors (Lipinski definition) is 2. The lowest BCUT2D eigenvalue weighted by atomic mass is 9.84.